The molecule has 1 heterocycles. The van der Waals surface area contributed by atoms with Gasteiger partial charge in [0.15, 0.2) is 0 Å². The molecule has 0 atom stereocenters. The summed E-state index contributed by atoms with van der Waals surface area (Å²) in [5.74, 6) is 5.79. The van der Waals surface area contributed by atoms with Crippen LogP contribution in [0.2, 0.25) is 0 Å². The predicted molar refractivity (Wildman–Crippen MR) is 105 cm³/mol. The molecule has 1 aromatic rings. The summed E-state index contributed by atoms with van der Waals surface area (Å²) in [7, 11) is 0. The Morgan fingerprint density at radius 2 is 1.93 bits per heavy atom. The van der Waals surface area contributed by atoms with E-state index in [0.29, 0.717) is 38.4 Å². The number of pyridine rings is 1. The fraction of sp³-hybridized carbons (Fsp3) is 0.619. The van der Waals surface area contributed by atoms with Gasteiger partial charge >= 0.3 is 0 Å². The number of hydrogen-bond donors (Lipinski definition) is 1. The Kier molecular flexibility index (Phi) is 11.2. The molecule has 150 valence electrons. The molecule has 1 aromatic heterocycles. The number of nitrogens with zero attached hydrogens (tertiary/aromatic N) is 1. The van der Waals surface area contributed by atoms with E-state index in [-0.39, 0.29) is 5.91 Å². The summed E-state index contributed by atoms with van der Waals surface area (Å²) in [5, 5.41) is 2.89. The summed E-state index contributed by atoms with van der Waals surface area (Å²) < 4.78 is 16.8. The lowest BCUT2D eigenvalue weighted by atomic mass is 10.2. The van der Waals surface area contributed by atoms with Gasteiger partial charge in [-0.3, -0.25) is 9.78 Å². The Morgan fingerprint density at radius 1 is 1.19 bits per heavy atom. The third kappa shape index (κ3) is 9.97. The first-order valence-corrected chi connectivity index (χ1v) is 9.68. The molecule has 1 rings (SSSR count). The van der Waals surface area contributed by atoms with Crippen LogP contribution in [0.4, 0.5) is 0 Å². The average molecular weight is 376 g/mol. The minimum atomic E-state index is -0.939. The van der Waals surface area contributed by atoms with Gasteiger partial charge in [0.1, 0.15) is 5.75 Å². The highest BCUT2D eigenvalue weighted by atomic mass is 16.7. The van der Waals surface area contributed by atoms with Crippen LogP contribution in [0.5, 0.6) is 5.75 Å². The number of amides is 1. The van der Waals surface area contributed by atoms with Gasteiger partial charge in [-0.2, -0.15) is 0 Å². The zero-order valence-electron chi connectivity index (χ0n) is 17.0. The number of aromatic nitrogens is 1. The molecule has 0 aliphatic rings. The molecule has 27 heavy (non-hydrogen) atoms. The van der Waals surface area contributed by atoms with Crippen LogP contribution in [0.3, 0.4) is 0 Å². The summed E-state index contributed by atoms with van der Waals surface area (Å²) in [4.78, 5) is 15.8. The second kappa shape index (κ2) is 13.1. The van der Waals surface area contributed by atoms with E-state index in [9.17, 15) is 4.79 Å². The minimum Gasteiger partial charge on any atom is -0.492 e. The van der Waals surface area contributed by atoms with Crippen molar-refractivity contribution < 1.29 is 19.0 Å². The van der Waals surface area contributed by atoms with E-state index in [0.717, 1.165) is 24.9 Å². The predicted octanol–water partition coefficient (Wildman–Crippen LogP) is 3.30. The highest BCUT2D eigenvalue weighted by molar-refractivity contribution is 5.75. The number of ether oxygens (including phenoxy) is 3. The highest BCUT2D eigenvalue weighted by Crippen LogP contribution is 2.14. The maximum absolute atomic E-state index is 11.6. The van der Waals surface area contributed by atoms with Crippen molar-refractivity contribution in [3.8, 4) is 17.6 Å². The number of nitrogens with one attached hydrogen (secondary N) is 1. The van der Waals surface area contributed by atoms with Crippen LogP contribution >= 0.6 is 0 Å². The topological polar surface area (TPSA) is 69.7 Å². The van der Waals surface area contributed by atoms with Crippen molar-refractivity contribution in [3.05, 3.63) is 24.0 Å². The number of rotatable bonds is 12. The van der Waals surface area contributed by atoms with Gasteiger partial charge < -0.3 is 19.5 Å². The standard InChI is InChI=1S/C21H32N2O4/c1-5-8-13-23-20(24)10-9-14-25-19-15-18(16-22-17-19)11-12-21(4,26-6-2)27-7-3/h15-17H,5-10,13-14H2,1-4H3,(H,23,24). The first kappa shape index (κ1) is 22.9. The van der Waals surface area contributed by atoms with E-state index in [1.54, 1.807) is 19.3 Å². The summed E-state index contributed by atoms with van der Waals surface area (Å²) in [5.41, 5.74) is 0.718. The van der Waals surface area contributed by atoms with Gasteiger partial charge in [0.2, 0.25) is 11.7 Å². The molecule has 0 aliphatic heterocycles. The summed E-state index contributed by atoms with van der Waals surface area (Å²) in [6.45, 7) is 9.92. The Hall–Kier alpha value is -2.10. The van der Waals surface area contributed by atoms with E-state index in [1.807, 2.05) is 19.9 Å². The second-order valence-corrected chi connectivity index (χ2v) is 6.13. The fourth-order valence-corrected chi connectivity index (χ4v) is 2.33. The van der Waals surface area contributed by atoms with Crippen LogP contribution in [0.25, 0.3) is 0 Å². The quantitative estimate of drug-likeness (QED) is 0.344. The maximum atomic E-state index is 11.6. The van der Waals surface area contributed by atoms with Gasteiger partial charge in [-0.25, -0.2) is 0 Å². The Balaban J connectivity index is 2.50. The van der Waals surface area contributed by atoms with Crippen LogP contribution in [-0.4, -0.2) is 43.0 Å². The van der Waals surface area contributed by atoms with Crippen molar-refractivity contribution >= 4 is 5.91 Å². The van der Waals surface area contributed by atoms with E-state index < -0.39 is 5.79 Å². The van der Waals surface area contributed by atoms with Crippen LogP contribution in [-0.2, 0) is 14.3 Å². The molecular weight excluding hydrogens is 344 g/mol. The lowest BCUT2D eigenvalue weighted by Gasteiger charge is -2.22. The molecule has 0 spiro atoms. The molecule has 6 heteroatoms. The van der Waals surface area contributed by atoms with Gasteiger partial charge in [0, 0.05) is 44.9 Å². The third-order valence-corrected chi connectivity index (χ3v) is 3.66. The molecule has 0 radical (unpaired) electrons. The Morgan fingerprint density at radius 3 is 2.59 bits per heavy atom. The molecular formula is C21H32N2O4. The first-order chi connectivity index (χ1) is 13.0. The fourth-order valence-electron chi connectivity index (χ4n) is 2.33. The zero-order valence-corrected chi connectivity index (χ0v) is 17.0. The molecule has 1 amide bonds. The summed E-state index contributed by atoms with van der Waals surface area (Å²) in [6.07, 6.45) is 6.49. The van der Waals surface area contributed by atoms with Gasteiger partial charge in [0.05, 0.1) is 12.8 Å². The van der Waals surface area contributed by atoms with Crippen LogP contribution in [0.1, 0.15) is 58.9 Å². The molecule has 0 aromatic carbocycles. The first-order valence-electron chi connectivity index (χ1n) is 9.68. The van der Waals surface area contributed by atoms with Gasteiger partial charge in [-0.1, -0.05) is 19.3 Å². The average Bonchev–Trinajstić information content (AvgIpc) is 2.65. The number of unbranched alkanes of at least 4 members (excludes halogenated alkanes) is 1. The molecule has 0 aliphatic carbocycles. The maximum Gasteiger partial charge on any atom is 0.230 e. The number of carbonyl (C=O) groups excluding carboxylic acids is 1. The molecule has 0 unspecified atom stereocenters. The van der Waals surface area contributed by atoms with Gasteiger partial charge in [-0.05, 0) is 38.7 Å². The van der Waals surface area contributed by atoms with Crippen molar-refractivity contribution in [1.82, 2.24) is 10.3 Å². The van der Waals surface area contributed by atoms with Crippen LogP contribution < -0.4 is 10.1 Å². The van der Waals surface area contributed by atoms with Crippen LogP contribution in [0, 0.1) is 11.8 Å². The molecule has 0 fully saturated rings. The van der Waals surface area contributed by atoms with E-state index >= 15 is 0 Å². The summed E-state index contributed by atoms with van der Waals surface area (Å²) in [6, 6.07) is 1.82. The normalized spacial score (nSPS) is 10.8. The lowest BCUT2D eigenvalue weighted by molar-refractivity contribution is -0.179. The van der Waals surface area contributed by atoms with Crippen molar-refractivity contribution in [3.63, 3.8) is 0 Å². The van der Waals surface area contributed by atoms with Crippen LogP contribution in [0.15, 0.2) is 18.5 Å². The third-order valence-electron chi connectivity index (χ3n) is 3.66. The number of hydrogen-bond acceptors (Lipinski definition) is 5. The smallest absolute Gasteiger partial charge is 0.230 e. The molecule has 0 saturated carbocycles. The molecule has 0 saturated heterocycles. The van der Waals surface area contributed by atoms with Gasteiger partial charge in [-0.15, -0.1) is 0 Å². The molecule has 0 bridgehead atoms. The van der Waals surface area contributed by atoms with Gasteiger partial charge in [0.25, 0.3) is 0 Å². The van der Waals surface area contributed by atoms with E-state index in [2.05, 4.69) is 29.1 Å². The Bertz CT molecular complexity index is 616. The molecule has 6 nitrogen and oxygen atoms in total. The summed E-state index contributed by atoms with van der Waals surface area (Å²) >= 11 is 0. The van der Waals surface area contributed by atoms with Crippen molar-refractivity contribution in [1.29, 1.82) is 0 Å². The monoisotopic (exact) mass is 376 g/mol. The largest absolute Gasteiger partial charge is 0.492 e. The number of carbonyl (C=O) groups is 1. The lowest BCUT2D eigenvalue weighted by Crippen LogP contribution is -2.30. The SMILES string of the molecule is CCCCNC(=O)CCCOc1cncc(C#CC(C)(OCC)OCC)c1. The second-order valence-electron chi connectivity index (χ2n) is 6.13. The van der Waals surface area contributed by atoms with E-state index in [4.69, 9.17) is 14.2 Å². The van der Waals surface area contributed by atoms with Crippen molar-refractivity contribution in [2.45, 2.75) is 59.2 Å². The highest BCUT2D eigenvalue weighted by Gasteiger charge is 2.21. The Labute approximate surface area is 163 Å². The molecule has 1 N–H and O–H groups in total. The van der Waals surface area contributed by atoms with Crippen molar-refractivity contribution in [2.24, 2.45) is 0 Å². The minimum absolute atomic E-state index is 0.0657. The van der Waals surface area contributed by atoms with E-state index in [1.165, 1.54) is 0 Å². The zero-order chi connectivity index (χ0) is 20.0. The van der Waals surface area contributed by atoms with Crippen molar-refractivity contribution in [2.75, 3.05) is 26.4 Å².